The maximum Gasteiger partial charge on any atom is 0.170 e. The van der Waals surface area contributed by atoms with E-state index in [0.29, 0.717) is 0 Å². The molecule has 4 heteroatoms. The number of oxime groups is 1. The molecule has 3 N–H and O–H groups in total. The standard InChI is InChI=1S/C11H15N3O/c1-14-6-2-3-8-7-9(11(12)13-15)4-5-10(8)14/h4-5,7,15H,2-3,6H2,1H3,(H2,12,13). The second kappa shape index (κ2) is 3.81. The van der Waals surface area contributed by atoms with Gasteiger partial charge in [-0.3, -0.25) is 0 Å². The van der Waals surface area contributed by atoms with Gasteiger partial charge in [-0.2, -0.15) is 0 Å². The summed E-state index contributed by atoms with van der Waals surface area (Å²) < 4.78 is 0. The van der Waals surface area contributed by atoms with Crippen molar-refractivity contribution in [3.8, 4) is 0 Å². The molecule has 0 fully saturated rings. The number of fused-ring (bicyclic) bond motifs is 1. The van der Waals surface area contributed by atoms with E-state index in [4.69, 9.17) is 10.9 Å². The molecule has 0 saturated carbocycles. The monoisotopic (exact) mass is 205 g/mol. The molecule has 0 aromatic heterocycles. The first-order valence-electron chi connectivity index (χ1n) is 5.04. The topological polar surface area (TPSA) is 61.8 Å². The van der Waals surface area contributed by atoms with Crippen LogP contribution in [0.1, 0.15) is 17.5 Å². The van der Waals surface area contributed by atoms with E-state index in [1.54, 1.807) is 0 Å². The highest BCUT2D eigenvalue weighted by Gasteiger charge is 2.14. The van der Waals surface area contributed by atoms with Crippen LogP contribution in [0.2, 0.25) is 0 Å². The Hall–Kier alpha value is -1.71. The van der Waals surface area contributed by atoms with Gasteiger partial charge in [0.1, 0.15) is 0 Å². The average Bonchev–Trinajstić information content (AvgIpc) is 2.28. The summed E-state index contributed by atoms with van der Waals surface area (Å²) in [6, 6.07) is 5.91. The summed E-state index contributed by atoms with van der Waals surface area (Å²) in [6.45, 7) is 1.09. The number of nitrogens with zero attached hydrogens (tertiary/aromatic N) is 2. The fourth-order valence-electron chi connectivity index (χ4n) is 2.00. The van der Waals surface area contributed by atoms with Crippen molar-refractivity contribution in [3.05, 3.63) is 29.3 Å². The summed E-state index contributed by atoms with van der Waals surface area (Å²) in [5.41, 5.74) is 8.85. The van der Waals surface area contributed by atoms with E-state index in [9.17, 15) is 0 Å². The first kappa shape index (κ1) is 9.83. The van der Waals surface area contributed by atoms with Gasteiger partial charge in [-0.15, -0.1) is 0 Å². The molecule has 0 atom stereocenters. The average molecular weight is 205 g/mol. The zero-order valence-corrected chi connectivity index (χ0v) is 8.77. The van der Waals surface area contributed by atoms with Crippen LogP contribution >= 0.6 is 0 Å². The van der Waals surface area contributed by atoms with Gasteiger partial charge in [0.15, 0.2) is 5.84 Å². The molecule has 0 amide bonds. The van der Waals surface area contributed by atoms with E-state index >= 15 is 0 Å². The second-order valence-electron chi connectivity index (χ2n) is 3.85. The zero-order chi connectivity index (χ0) is 10.8. The van der Waals surface area contributed by atoms with Gasteiger partial charge in [0.05, 0.1) is 0 Å². The van der Waals surface area contributed by atoms with Gasteiger partial charge in [-0.25, -0.2) is 0 Å². The van der Waals surface area contributed by atoms with Gasteiger partial charge in [-0.1, -0.05) is 5.16 Å². The summed E-state index contributed by atoms with van der Waals surface area (Å²) in [6.07, 6.45) is 2.22. The minimum absolute atomic E-state index is 0.172. The lowest BCUT2D eigenvalue weighted by atomic mass is 9.99. The molecule has 15 heavy (non-hydrogen) atoms. The molecule has 0 saturated heterocycles. The smallest absolute Gasteiger partial charge is 0.170 e. The van der Waals surface area contributed by atoms with Crippen molar-refractivity contribution < 1.29 is 5.21 Å². The normalized spacial score (nSPS) is 16.3. The SMILES string of the molecule is CN1CCCc2cc(C(N)=NO)ccc21. The Labute approximate surface area is 89.0 Å². The molecular weight excluding hydrogens is 190 g/mol. The highest BCUT2D eigenvalue weighted by molar-refractivity contribution is 5.97. The minimum atomic E-state index is 0.172. The molecule has 80 valence electrons. The summed E-state index contributed by atoms with van der Waals surface area (Å²) in [5.74, 6) is 0.172. The molecule has 0 aliphatic carbocycles. The van der Waals surface area contributed by atoms with Gasteiger partial charge in [0, 0.05) is 24.8 Å². The maximum absolute atomic E-state index is 8.60. The third kappa shape index (κ3) is 1.75. The molecule has 0 spiro atoms. The first-order valence-corrected chi connectivity index (χ1v) is 5.04. The van der Waals surface area contributed by atoms with Crippen LogP contribution in [0.5, 0.6) is 0 Å². The minimum Gasteiger partial charge on any atom is -0.409 e. The van der Waals surface area contributed by atoms with Gasteiger partial charge in [0.2, 0.25) is 0 Å². The number of nitrogens with two attached hydrogens (primary N) is 1. The largest absolute Gasteiger partial charge is 0.409 e. The van der Waals surface area contributed by atoms with Crippen molar-refractivity contribution in [2.75, 3.05) is 18.5 Å². The van der Waals surface area contributed by atoms with E-state index in [1.807, 2.05) is 18.2 Å². The van der Waals surface area contributed by atoms with E-state index in [1.165, 1.54) is 11.3 Å². The van der Waals surface area contributed by atoms with Crippen molar-refractivity contribution in [3.63, 3.8) is 0 Å². The van der Waals surface area contributed by atoms with Crippen molar-refractivity contribution in [2.24, 2.45) is 10.9 Å². The number of hydrogen-bond donors (Lipinski definition) is 2. The van der Waals surface area contributed by atoms with Gasteiger partial charge in [0.25, 0.3) is 0 Å². The lowest BCUT2D eigenvalue weighted by Crippen LogP contribution is -2.25. The van der Waals surface area contributed by atoms with Crippen LogP contribution < -0.4 is 10.6 Å². The third-order valence-electron chi connectivity index (χ3n) is 2.83. The van der Waals surface area contributed by atoms with Crippen LogP contribution in [0.15, 0.2) is 23.4 Å². The Morgan fingerprint density at radius 2 is 2.33 bits per heavy atom. The van der Waals surface area contributed by atoms with Crippen LogP contribution in [0.4, 0.5) is 5.69 Å². The maximum atomic E-state index is 8.60. The Morgan fingerprint density at radius 1 is 1.53 bits per heavy atom. The van der Waals surface area contributed by atoms with E-state index in [0.717, 1.165) is 24.9 Å². The predicted molar refractivity (Wildman–Crippen MR) is 60.5 cm³/mol. The number of rotatable bonds is 1. The molecule has 2 rings (SSSR count). The number of anilines is 1. The van der Waals surface area contributed by atoms with E-state index in [-0.39, 0.29) is 5.84 Å². The molecule has 4 nitrogen and oxygen atoms in total. The molecular formula is C11H15N3O. The quantitative estimate of drug-likeness (QED) is 0.313. The molecule has 1 aliphatic rings. The van der Waals surface area contributed by atoms with Crippen LogP contribution in [0.3, 0.4) is 0 Å². The Bertz CT molecular complexity index is 401. The third-order valence-corrected chi connectivity index (χ3v) is 2.83. The molecule has 1 aliphatic heterocycles. The predicted octanol–water partition coefficient (Wildman–Crippen LogP) is 1.16. The van der Waals surface area contributed by atoms with Crippen molar-refractivity contribution in [2.45, 2.75) is 12.8 Å². The first-order chi connectivity index (χ1) is 7.22. The Morgan fingerprint density at radius 3 is 3.07 bits per heavy atom. The number of amidine groups is 1. The van der Waals surface area contributed by atoms with Gasteiger partial charge < -0.3 is 15.8 Å². The van der Waals surface area contributed by atoms with Crippen LogP contribution in [0, 0.1) is 0 Å². The molecule has 1 heterocycles. The Balaban J connectivity index is 2.42. The number of hydrogen-bond acceptors (Lipinski definition) is 3. The summed E-state index contributed by atoms with van der Waals surface area (Å²) in [7, 11) is 2.08. The van der Waals surface area contributed by atoms with E-state index < -0.39 is 0 Å². The molecule has 0 unspecified atom stereocenters. The zero-order valence-electron chi connectivity index (χ0n) is 8.77. The van der Waals surface area contributed by atoms with Gasteiger partial charge in [-0.05, 0) is 36.6 Å². The number of aryl methyl sites for hydroxylation is 1. The second-order valence-corrected chi connectivity index (χ2v) is 3.85. The summed E-state index contributed by atoms with van der Waals surface area (Å²) in [5, 5.41) is 11.6. The summed E-state index contributed by atoms with van der Waals surface area (Å²) >= 11 is 0. The van der Waals surface area contributed by atoms with Crippen molar-refractivity contribution >= 4 is 11.5 Å². The number of benzene rings is 1. The molecule has 1 aromatic carbocycles. The fourth-order valence-corrected chi connectivity index (χ4v) is 2.00. The fraction of sp³-hybridized carbons (Fsp3) is 0.364. The van der Waals surface area contributed by atoms with Gasteiger partial charge >= 0.3 is 0 Å². The Kier molecular flexibility index (Phi) is 2.49. The highest BCUT2D eigenvalue weighted by Crippen LogP contribution is 2.26. The van der Waals surface area contributed by atoms with E-state index in [2.05, 4.69) is 17.1 Å². The highest BCUT2D eigenvalue weighted by atomic mass is 16.4. The molecule has 1 aromatic rings. The lowest BCUT2D eigenvalue weighted by molar-refractivity contribution is 0.318. The van der Waals surface area contributed by atoms with Crippen LogP contribution in [-0.2, 0) is 6.42 Å². The van der Waals surface area contributed by atoms with Crippen LogP contribution in [0.25, 0.3) is 0 Å². The van der Waals surface area contributed by atoms with Crippen molar-refractivity contribution in [1.29, 1.82) is 0 Å². The molecule has 0 radical (unpaired) electrons. The van der Waals surface area contributed by atoms with Crippen molar-refractivity contribution in [1.82, 2.24) is 0 Å². The summed E-state index contributed by atoms with van der Waals surface area (Å²) in [4.78, 5) is 2.23. The molecule has 0 bridgehead atoms. The lowest BCUT2D eigenvalue weighted by Gasteiger charge is -2.27. The van der Waals surface area contributed by atoms with Crippen LogP contribution in [-0.4, -0.2) is 24.6 Å².